The van der Waals surface area contributed by atoms with Crippen LogP contribution in [0.25, 0.3) is 0 Å². The molecule has 8 heteroatoms. The molecule has 0 heterocycles. The molecule has 0 atom stereocenters. The zero-order valence-electron chi connectivity index (χ0n) is 17.1. The van der Waals surface area contributed by atoms with Gasteiger partial charge in [0.05, 0.1) is 0 Å². The summed E-state index contributed by atoms with van der Waals surface area (Å²) < 4.78 is 0. The molecule has 0 amide bonds. The second-order valence-electron chi connectivity index (χ2n) is 6.78. The lowest BCUT2D eigenvalue weighted by Gasteiger charge is -2.09. The van der Waals surface area contributed by atoms with Gasteiger partial charge in [-0.25, -0.2) is 0 Å². The van der Waals surface area contributed by atoms with Crippen LogP contribution in [0, 0.1) is 17.7 Å². The van der Waals surface area contributed by atoms with E-state index in [4.69, 9.17) is 22.3 Å². The zero-order chi connectivity index (χ0) is 20.8. The first kappa shape index (κ1) is 26.9. The number of amidine groups is 2. The summed E-state index contributed by atoms with van der Waals surface area (Å²) in [5, 5.41) is 14.9. The van der Waals surface area contributed by atoms with E-state index >= 15 is 0 Å². The van der Waals surface area contributed by atoms with Crippen LogP contribution in [0.2, 0.25) is 0 Å². The third kappa shape index (κ3) is 8.15. The number of nitrogen functional groups attached to an aromatic ring is 2. The van der Waals surface area contributed by atoms with Crippen LogP contribution in [0.4, 0.5) is 0 Å². The molecule has 3 aromatic carbocycles. The van der Waals surface area contributed by atoms with Gasteiger partial charge in [-0.05, 0) is 42.3 Å². The quantitative estimate of drug-likeness (QED) is 0.176. The summed E-state index contributed by atoms with van der Waals surface area (Å²) in [6.07, 6.45) is 0. The lowest BCUT2D eigenvalue weighted by molar-refractivity contribution is 1.27. The van der Waals surface area contributed by atoms with E-state index in [2.05, 4.69) is 25.1 Å². The molecule has 164 valence electrons. The van der Waals surface area contributed by atoms with Gasteiger partial charge in [0, 0.05) is 32.4 Å². The number of hydrogen-bond acceptors (Lipinski definition) is 4. The number of rotatable bonds is 8. The smallest absolute Gasteiger partial charge is 0.122 e. The van der Waals surface area contributed by atoms with E-state index in [0.29, 0.717) is 0 Å². The summed E-state index contributed by atoms with van der Waals surface area (Å²) in [7, 11) is 0. The second-order valence-corrected chi connectivity index (χ2v) is 8.88. The summed E-state index contributed by atoms with van der Waals surface area (Å²) in [5.41, 5.74) is 16.4. The first-order chi connectivity index (χ1) is 13.9. The molecule has 0 aliphatic carbocycles. The fourth-order valence-corrected chi connectivity index (χ4v) is 4.57. The number of nitrogens with two attached hydrogens (primary N) is 2. The maximum atomic E-state index is 7.47. The minimum atomic E-state index is 0. The Kier molecular flexibility index (Phi) is 11.0. The summed E-state index contributed by atoms with van der Waals surface area (Å²) in [6.45, 7) is 2.13. The van der Waals surface area contributed by atoms with E-state index in [1.807, 2.05) is 48.5 Å². The Hall–Kier alpha value is -2.12. The van der Waals surface area contributed by atoms with Crippen LogP contribution in [0.5, 0.6) is 0 Å². The molecule has 0 spiro atoms. The van der Waals surface area contributed by atoms with Crippen LogP contribution in [-0.2, 0) is 11.5 Å². The number of halogens is 2. The van der Waals surface area contributed by atoms with Gasteiger partial charge in [-0.1, -0.05) is 48.0 Å². The average molecular weight is 494 g/mol. The summed E-state index contributed by atoms with van der Waals surface area (Å²) >= 11 is 3.56. The maximum Gasteiger partial charge on any atom is 0.122 e. The van der Waals surface area contributed by atoms with Crippen LogP contribution in [0.3, 0.4) is 0 Å². The molecule has 6 N–H and O–H groups in total. The van der Waals surface area contributed by atoms with Crippen molar-refractivity contribution < 1.29 is 0 Å². The van der Waals surface area contributed by atoms with Crippen molar-refractivity contribution in [2.75, 3.05) is 0 Å². The third-order valence-electron chi connectivity index (χ3n) is 4.34. The molecule has 0 bridgehead atoms. The van der Waals surface area contributed by atoms with Gasteiger partial charge in [0.25, 0.3) is 0 Å². The highest BCUT2D eigenvalue weighted by molar-refractivity contribution is 7.98. The van der Waals surface area contributed by atoms with Gasteiger partial charge in [0.2, 0.25) is 0 Å². The molecule has 0 aliphatic rings. The third-order valence-corrected chi connectivity index (χ3v) is 6.50. The van der Waals surface area contributed by atoms with Crippen molar-refractivity contribution in [3.8, 4) is 0 Å². The highest BCUT2D eigenvalue weighted by Crippen LogP contribution is 2.27. The number of hydrogen-bond donors (Lipinski definition) is 4. The van der Waals surface area contributed by atoms with Crippen molar-refractivity contribution in [1.82, 2.24) is 0 Å². The molecule has 0 aliphatic heterocycles. The van der Waals surface area contributed by atoms with E-state index in [-0.39, 0.29) is 36.5 Å². The van der Waals surface area contributed by atoms with Gasteiger partial charge >= 0.3 is 0 Å². The monoisotopic (exact) mass is 492 g/mol. The number of benzene rings is 3. The fourth-order valence-electron chi connectivity index (χ4n) is 2.91. The lowest BCUT2D eigenvalue weighted by Crippen LogP contribution is -2.10. The molecular formula is C23H26Cl2N4S2. The van der Waals surface area contributed by atoms with E-state index in [0.717, 1.165) is 32.4 Å². The molecule has 0 saturated carbocycles. The van der Waals surface area contributed by atoms with Crippen molar-refractivity contribution in [1.29, 1.82) is 10.8 Å². The number of thioether (sulfide) groups is 2. The van der Waals surface area contributed by atoms with Crippen molar-refractivity contribution >= 4 is 60.0 Å². The molecule has 0 aromatic heterocycles. The van der Waals surface area contributed by atoms with Crippen LogP contribution in [0.1, 0.15) is 27.8 Å². The average Bonchev–Trinajstić information content (AvgIpc) is 2.71. The topological polar surface area (TPSA) is 99.7 Å². The van der Waals surface area contributed by atoms with Crippen molar-refractivity contribution in [3.05, 3.63) is 94.5 Å². The minimum absolute atomic E-state index is 0. The van der Waals surface area contributed by atoms with E-state index in [9.17, 15) is 0 Å². The highest BCUT2D eigenvalue weighted by atomic mass is 35.5. The molecule has 4 nitrogen and oxygen atoms in total. The molecular weight excluding hydrogens is 467 g/mol. The maximum absolute atomic E-state index is 7.47. The molecule has 3 aromatic rings. The summed E-state index contributed by atoms with van der Waals surface area (Å²) in [6, 6.07) is 22.3. The predicted octanol–water partition coefficient (Wildman–Crippen LogP) is 5.99. The summed E-state index contributed by atoms with van der Waals surface area (Å²) in [4.78, 5) is 2.33. The van der Waals surface area contributed by atoms with Crippen LogP contribution in [-0.4, -0.2) is 11.7 Å². The van der Waals surface area contributed by atoms with Gasteiger partial charge in [-0.15, -0.1) is 48.3 Å². The first-order valence-corrected chi connectivity index (χ1v) is 11.1. The first-order valence-electron chi connectivity index (χ1n) is 9.14. The molecule has 0 saturated heterocycles. The normalized spacial score (nSPS) is 9.97. The lowest BCUT2D eigenvalue weighted by atomic mass is 10.1. The Morgan fingerprint density at radius 1 is 0.677 bits per heavy atom. The molecule has 31 heavy (non-hydrogen) atoms. The van der Waals surface area contributed by atoms with Gasteiger partial charge in [-0.3, -0.25) is 10.8 Å². The largest absolute Gasteiger partial charge is 0.384 e. The summed E-state index contributed by atoms with van der Waals surface area (Å²) in [5.74, 6) is 1.98. The fraction of sp³-hybridized carbons (Fsp3) is 0.130. The molecule has 0 fully saturated rings. The number of aryl methyl sites for hydroxylation is 1. The van der Waals surface area contributed by atoms with Gasteiger partial charge in [-0.2, -0.15) is 0 Å². The SMILES string of the molecule is Cc1cc(CSc2ccc(C(=N)N)cc2)cc(CSc2ccc(C(=N)N)cc2)c1.Cl.Cl. The van der Waals surface area contributed by atoms with Crippen molar-refractivity contribution in [3.63, 3.8) is 0 Å². The molecule has 0 unspecified atom stereocenters. The Bertz CT molecular complexity index is 943. The predicted molar refractivity (Wildman–Crippen MR) is 140 cm³/mol. The Balaban J connectivity index is 0.00000240. The van der Waals surface area contributed by atoms with Crippen LogP contribution < -0.4 is 11.5 Å². The standard InChI is InChI=1S/C23H24N4S2.2ClH/c1-15-10-16(13-28-20-6-2-18(3-7-20)22(24)25)12-17(11-15)14-29-21-8-4-19(5-9-21)23(26)27;;/h2-12H,13-14H2,1H3,(H3,24,25)(H3,26,27);2*1H. The van der Waals surface area contributed by atoms with Crippen LogP contribution >= 0.6 is 48.3 Å². The minimum Gasteiger partial charge on any atom is -0.384 e. The highest BCUT2D eigenvalue weighted by Gasteiger charge is 2.04. The zero-order valence-corrected chi connectivity index (χ0v) is 20.3. The van der Waals surface area contributed by atoms with Gasteiger partial charge in [0.15, 0.2) is 0 Å². The van der Waals surface area contributed by atoms with Crippen molar-refractivity contribution in [2.45, 2.75) is 28.2 Å². The Labute approximate surface area is 204 Å². The molecule has 3 rings (SSSR count). The van der Waals surface area contributed by atoms with E-state index in [1.54, 1.807) is 23.5 Å². The van der Waals surface area contributed by atoms with Gasteiger partial charge < -0.3 is 11.5 Å². The van der Waals surface area contributed by atoms with E-state index in [1.165, 1.54) is 16.7 Å². The van der Waals surface area contributed by atoms with Crippen LogP contribution in [0.15, 0.2) is 76.5 Å². The van der Waals surface area contributed by atoms with E-state index < -0.39 is 0 Å². The number of nitrogens with one attached hydrogen (secondary N) is 2. The Morgan fingerprint density at radius 3 is 1.35 bits per heavy atom. The second kappa shape index (κ2) is 12.7. The molecule has 0 radical (unpaired) electrons. The van der Waals surface area contributed by atoms with Gasteiger partial charge in [0.1, 0.15) is 11.7 Å². The van der Waals surface area contributed by atoms with Crippen molar-refractivity contribution in [2.24, 2.45) is 11.5 Å². The Morgan fingerprint density at radius 2 is 1.03 bits per heavy atom.